The molecule has 1 aromatic rings. The van der Waals surface area contributed by atoms with Crippen LogP contribution in [0.1, 0.15) is 24.0 Å². The normalized spacial score (nSPS) is 16.3. The number of alkyl halides is 2. The van der Waals surface area contributed by atoms with Crippen LogP contribution in [0.3, 0.4) is 0 Å². The fraction of sp³-hybridized carbons (Fsp3) is 0.611. The molecule has 154 valence electrons. The zero-order chi connectivity index (χ0) is 18.9. The monoisotopic (exact) mass is 500 g/mol. The summed E-state index contributed by atoms with van der Waals surface area (Å²) in [5, 5.41) is 6.53. The number of rotatable bonds is 7. The molecule has 0 unspecified atom stereocenters. The molecule has 2 rings (SSSR count). The maximum absolute atomic E-state index is 13.7. The standard InChI is InChI=1S/C18H27F3N4O.HI/c1-22-18(24-15-5-7-25(8-6-15)11-17(20)21)23-10-13-3-4-16(19)14(9-13)12-26-2;/h3-4,9,15,17H,5-8,10-12H2,1-2H3,(H2,22,23,24);1H. The third-order valence-electron chi connectivity index (χ3n) is 4.42. The van der Waals surface area contributed by atoms with Crippen molar-refractivity contribution in [2.45, 2.75) is 38.5 Å². The second-order valence-corrected chi connectivity index (χ2v) is 6.39. The minimum Gasteiger partial charge on any atom is -0.380 e. The van der Waals surface area contributed by atoms with Crippen molar-refractivity contribution in [1.29, 1.82) is 0 Å². The van der Waals surface area contributed by atoms with Gasteiger partial charge in [-0.15, -0.1) is 24.0 Å². The molecule has 1 heterocycles. The van der Waals surface area contributed by atoms with E-state index in [-0.39, 0.29) is 49.0 Å². The maximum Gasteiger partial charge on any atom is 0.251 e. The van der Waals surface area contributed by atoms with Crippen LogP contribution in [-0.4, -0.2) is 57.1 Å². The predicted octanol–water partition coefficient (Wildman–Crippen LogP) is 2.98. The average molecular weight is 500 g/mol. The molecule has 2 N–H and O–H groups in total. The van der Waals surface area contributed by atoms with Gasteiger partial charge in [0.2, 0.25) is 0 Å². The molecule has 0 radical (unpaired) electrons. The van der Waals surface area contributed by atoms with E-state index in [0.29, 0.717) is 31.2 Å². The van der Waals surface area contributed by atoms with Crippen LogP contribution >= 0.6 is 24.0 Å². The lowest BCUT2D eigenvalue weighted by molar-refractivity contribution is 0.0744. The number of hydrogen-bond acceptors (Lipinski definition) is 3. The molecule has 0 aromatic heterocycles. The van der Waals surface area contributed by atoms with Gasteiger partial charge >= 0.3 is 0 Å². The predicted molar refractivity (Wildman–Crippen MR) is 111 cm³/mol. The fourth-order valence-electron chi connectivity index (χ4n) is 3.03. The second-order valence-electron chi connectivity index (χ2n) is 6.39. The van der Waals surface area contributed by atoms with Gasteiger partial charge < -0.3 is 15.4 Å². The highest BCUT2D eigenvalue weighted by atomic mass is 127. The number of nitrogens with zero attached hydrogens (tertiary/aromatic N) is 2. The Bertz CT molecular complexity index is 596. The van der Waals surface area contributed by atoms with E-state index in [4.69, 9.17) is 4.74 Å². The molecular formula is C18H28F3IN4O. The molecule has 1 saturated heterocycles. The van der Waals surface area contributed by atoms with Crippen molar-refractivity contribution in [2.75, 3.05) is 33.8 Å². The molecule has 0 bridgehead atoms. The number of ether oxygens (including phenoxy) is 1. The number of methoxy groups -OCH3 is 1. The first-order valence-electron chi connectivity index (χ1n) is 8.75. The molecule has 1 aliphatic heterocycles. The van der Waals surface area contributed by atoms with E-state index in [2.05, 4.69) is 15.6 Å². The molecule has 0 atom stereocenters. The molecule has 0 amide bonds. The van der Waals surface area contributed by atoms with Crippen molar-refractivity contribution >= 4 is 29.9 Å². The van der Waals surface area contributed by atoms with E-state index in [0.717, 1.165) is 18.4 Å². The van der Waals surface area contributed by atoms with Crippen LogP contribution in [0.5, 0.6) is 0 Å². The van der Waals surface area contributed by atoms with Crippen molar-refractivity contribution in [1.82, 2.24) is 15.5 Å². The van der Waals surface area contributed by atoms with E-state index in [1.165, 1.54) is 13.2 Å². The summed E-state index contributed by atoms with van der Waals surface area (Å²) in [7, 11) is 3.21. The summed E-state index contributed by atoms with van der Waals surface area (Å²) < 4.78 is 43.5. The van der Waals surface area contributed by atoms with Gasteiger partial charge in [0.25, 0.3) is 6.43 Å². The number of piperidine rings is 1. The van der Waals surface area contributed by atoms with Gasteiger partial charge in [0.05, 0.1) is 13.2 Å². The van der Waals surface area contributed by atoms with Crippen molar-refractivity contribution in [3.05, 3.63) is 35.1 Å². The van der Waals surface area contributed by atoms with E-state index in [9.17, 15) is 13.2 Å². The Labute approximate surface area is 175 Å². The van der Waals surface area contributed by atoms with Crippen LogP contribution in [0.2, 0.25) is 0 Å². The first kappa shape index (κ1) is 24.0. The van der Waals surface area contributed by atoms with Crippen molar-refractivity contribution < 1.29 is 17.9 Å². The number of likely N-dealkylation sites (tertiary alicyclic amines) is 1. The SMILES string of the molecule is CN=C(NCc1ccc(F)c(COC)c1)NC1CCN(CC(F)F)CC1.I. The lowest BCUT2D eigenvalue weighted by Crippen LogP contribution is -2.49. The summed E-state index contributed by atoms with van der Waals surface area (Å²) in [6.45, 7) is 1.87. The molecule has 0 spiro atoms. The number of guanidine groups is 1. The van der Waals surface area contributed by atoms with Crippen molar-refractivity contribution in [3.63, 3.8) is 0 Å². The third-order valence-corrected chi connectivity index (χ3v) is 4.42. The van der Waals surface area contributed by atoms with Crippen LogP contribution < -0.4 is 10.6 Å². The van der Waals surface area contributed by atoms with Gasteiger partial charge in [-0.2, -0.15) is 0 Å². The van der Waals surface area contributed by atoms with Crippen LogP contribution in [0.25, 0.3) is 0 Å². The van der Waals surface area contributed by atoms with Crippen LogP contribution in [0.4, 0.5) is 13.2 Å². The van der Waals surface area contributed by atoms with Gasteiger partial charge in [-0.05, 0) is 30.5 Å². The molecular weight excluding hydrogens is 472 g/mol. The van der Waals surface area contributed by atoms with E-state index >= 15 is 0 Å². The highest BCUT2D eigenvalue weighted by Crippen LogP contribution is 2.13. The fourth-order valence-corrected chi connectivity index (χ4v) is 3.03. The lowest BCUT2D eigenvalue weighted by Gasteiger charge is -2.32. The zero-order valence-electron chi connectivity index (χ0n) is 15.7. The first-order valence-corrected chi connectivity index (χ1v) is 8.75. The van der Waals surface area contributed by atoms with Crippen molar-refractivity contribution in [2.24, 2.45) is 4.99 Å². The average Bonchev–Trinajstić information content (AvgIpc) is 2.62. The largest absolute Gasteiger partial charge is 0.380 e. The van der Waals surface area contributed by atoms with Gasteiger partial charge in [0.1, 0.15) is 5.82 Å². The second kappa shape index (κ2) is 12.4. The van der Waals surface area contributed by atoms with E-state index in [1.807, 2.05) is 0 Å². The minimum atomic E-state index is -2.28. The van der Waals surface area contributed by atoms with Gasteiger partial charge in [0, 0.05) is 45.4 Å². The number of nitrogens with one attached hydrogen (secondary N) is 2. The summed E-state index contributed by atoms with van der Waals surface area (Å²) >= 11 is 0. The Morgan fingerprint density at radius 3 is 2.63 bits per heavy atom. The van der Waals surface area contributed by atoms with Crippen molar-refractivity contribution in [3.8, 4) is 0 Å². The Kier molecular flexibility index (Phi) is 11.0. The van der Waals surface area contributed by atoms with Gasteiger partial charge in [-0.3, -0.25) is 9.89 Å². The summed E-state index contributed by atoms with van der Waals surface area (Å²) in [6.07, 6.45) is -0.697. The smallest absolute Gasteiger partial charge is 0.251 e. The molecule has 1 aliphatic rings. The minimum absolute atomic E-state index is 0. The quantitative estimate of drug-likeness (QED) is 0.344. The third kappa shape index (κ3) is 8.22. The van der Waals surface area contributed by atoms with E-state index in [1.54, 1.807) is 24.1 Å². The summed E-state index contributed by atoms with van der Waals surface area (Å²) in [5.41, 5.74) is 1.44. The van der Waals surface area contributed by atoms with Crippen LogP contribution in [0, 0.1) is 5.82 Å². The molecule has 1 fully saturated rings. The van der Waals surface area contributed by atoms with Gasteiger partial charge in [-0.25, -0.2) is 13.2 Å². The van der Waals surface area contributed by atoms with Gasteiger partial charge in [-0.1, -0.05) is 6.07 Å². The lowest BCUT2D eigenvalue weighted by atomic mass is 10.1. The number of aliphatic imine (C=N–C) groups is 1. The maximum atomic E-state index is 13.7. The number of benzene rings is 1. The summed E-state index contributed by atoms with van der Waals surface area (Å²) in [6, 6.07) is 5.12. The number of hydrogen-bond donors (Lipinski definition) is 2. The molecule has 5 nitrogen and oxygen atoms in total. The highest BCUT2D eigenvalue weighted by molar-refractivity contribution is 14.0. The van der Waals surface area contributed by atoms with Crippen LogP contribution in [-0.2, 0) is 17.9 Å². The molecule has 0 saturated carbocycles. The van der Waals surface area contributed by atoms with Crippen LogP contribution in [0.15, 0.2) is 23.2 Å². The van der Waals surface area contributed by atoms with Gasteiger partial charge in [0.15, 0.2) is 5.96 Å². The Balaban J connectivity index is 0.00000364. The summed E-state index contributed by atoms with van der Waals surface area (Å²) in [4.78, 5) is 5.99. The Morgan fingerprint density at radius 1 is 1.33 bits per heavy atom. The topological polar surface area (TPSA) is 48.9 Å². The molecule has 27 heavy (non-hydrogen) atoms. The molecule has 1 aromatic carbocycles. The number of halogens is 4. The Hall–Kier alpha value is -1.07. The summed E-state index contributed by atoms with van der Waals surface area (Å²) in [5.74, 6) is 0.364. The Morgan fingerprint density at radius 2 is 2.04 bits per heavy atom. The highest BCUT2D eigenvalue weighted by Gasteiger charge is 2.21. The van der Waals surface area contributed by atoms with E-state index < -0.39 is 6.43 Å². The zero-order valence-corrected chi connectivity index (χ0v) is 18.0. The molecule has 0 aliphatic carbocycles. The molecule has 9 heteroatoms. The first-order chi connectivity index (χ1) is 12.5.